The van der Waals surface area contributed by atoms with Crippen molar-refractivity contribution in [3.8, 4) is 0 Å². The van der Waals surface area contributed by atoms with Crippen LogP contribution in [0.4, 0.5) is 5.69 Å². The van der Waals surface area contributed by atoms with E-state index < -0.39 is 28.5 Å². The van der Waals surface area contributed by atoms with Gasteiger partial charge >= 0.3 is 5.97 Å². The normalized spacial score (nSPS) is 15.6. The van der Waals surface area contributed by atoms with Gasteiger partial charge in [-0.05, 0) is 42.8 Å². The van der Waals surface area contributed by atoms with Crippen molar-refractivity contribution >= 4 is 27.6 Å². The SMILES string of the molecule is O=C(COC(=O)c1ccc(N2CCCS2(=O)=O)cc1)NCc1ccco1. The Hall–Kier alpha value is -2.81. The van der Waals surface area contributed by atoms with E-state index in [1.807, 2.05) is 0 Å². The van der Waals surface area contributed by atoms with Crippen LogP contribution in [0.3, 0.4) is 0 Å². The van der Waals surface area contributed by atoms with E-state index in [1.54, 1.807) is 24.3 Å². The van der Waals surface area contributed by atoms with Gasteiger partial charge in [-0.1, -0.05) is 0 Å². The lowest BCUT2D eigenvalue weighted by Crippen LogP contribution is -2.28. The summed E-state index contributed by atoms with van der Waals surface area (Å²) in [5.41, 5.74) is 0.749. The Kier molecular flexibility index (Phi) is 5.27. The summed E-state index contributed by atoms with van der Waals surface area (Å²) in [5.74, 6) is -0.384. The zero-order chi connectivity index (χ0) is 18.6. The Morgan fingerprint density at radius 1 is 1.19 bits per heavy atom. The second kappa shape index (κ2) is 7.61. The Morgan fingerprint density at radius 2 is 1.96 bits per heavy atom. The highest BCUT2D eigenvalue weighted by Gasteiger charge is 2.28. The first-order chi connectivity index (χ1) is 12.5. The van der Waals surface area contributed by atoms with Crippen molar-refractivity contribution in [1.82, 2.24) is 5.32 Å². The van der Waals surface area contributed by atoms with Gasteiger partial charge in [0.2, 0.25) is 10.0 Å². The van der Waals surface area contributed by atoms with E-state index in [0.29, 0.717) is 24.4 Å². The van der Waals surface area contributed by atoms with Crippen LogP contribution < -0.4 is 9.62 Å². The fourth-order valence-corrected chi connectivity index (χ4v) is 4.12. The molecule has 1 aromatic carbocycles. The average molecular weight is 378 g/mol. The van der Waals surface area contributed by atoms with Crippen molar-refractivity contribution < 1.29 is 27.2 Å². The number of hydrogen-bond donors (Lipinski definition) is 1. The molecule has 1 aromatic heterocycles. The highest BCUT2D eigenvalue weighted by Crippen LogP contribution is 2.24. The van der Waals surface area contributed by atoms with E-state index in [4.69, 9.17) is 9.15 Å². The molecule has 0 spiro atoms. The third-order valence-corrected chi connectivity index (χ3v) is 5.73. The molecule has 1 saturated heterocycles. The lowest BCUT2D eigenvalue weighted by Gasteiger charge is -2.16. The first-order valence-electron chi connectivity index (χ1n) is 8.02. The van der Waals surface area contributed by atoms with Gasteiger partial charge in [0.1, 0.15) is 5.76 Å². The molecular formula is C17H18N2O6S. The van der Waals surface area contributed by atoms with Crippen LogP contribution in [0.25, 0.3) is 0 Å². The van der Waals surface area contributed by atoms with Gasteiger partial charge in [-0.25, -0.2) is 13.2 Å². The molecule has 138 valence electrons. The van der Waals surface area contributed by atoms with E-state index in [-0.39, 0.29) is 17.9 Å². The molecule has 9 heteroatoms. The van der Waals surface area contributed by atoms with E-state index >= 15 is 0 Å². The van der Waals surface area contributed by atoms with E-state index in [2.05, 4.69) is 5.32 Å². The van der Waals surface area contributed by atoms with Gasteiger partial charge in [-0.15, -0.1) is 0 Å². The van der Waals surface area contributed by atoms with Crippen LogP contribution in [0.2, 0.25) is 0 Å². The Bertz CT molecular complexity index is 874. The predicted octanol–water partition coefficient (Wildman–Crippen LogP) is 1.29. The molecule has 1 aliphatic rings. The summed E-state index contributed by atoms with van der Waals surface area (Å²) in [4.78, 5) is 23.7. The number of sulfonamides is 1. The number of furan rings is 1. The number of amides is 1. The quantitative estimate of drug-likeness (QED) is 0.760. The van der Waals surface area contributed by atoms with Gasteiger partial charge in [-0.3, -0.25) is 9.10 Å². The summed E-state index contributed by atoms with van der Waals surface area (Å²) in [6.45, 7) is 0.228. The molecule has 0 bridgehead atoms. The molecule has 1 fully saturated rings. The lowest BCUT2D eigenvalue weighted by molar-refractivity contribution is -0.124. The first-order valence-corrected chi connectivity index (χ1v) is 9.63. The maximum absolute atomic E-state index is 12.0. The number of nitrogens with one attached hydrogen (secondary N) is 1. The van der Waals surface area contributed by atoms with Crippen molar-refractivity contribution in [2.75, 3.05) is 23.2 Å². The summed E-state index contributed by atoms with van der Waals surface area (Å²) in [6.07, 6.45) is 2.08. The molecule has 2 heterocycles. The second-order valence-electron chi connectivity index (χ2n) is 5.72. The molecule has 0 atom stereocenters. The van der Waals surface area contributed by atoms with Crippen molar-refractivity contribution in [1.29, 1.82) is 0 Å². The van der Waals surface area contributed by atoms with Crippen LogP contribution in [0.5, 0.6) is 0 Å². The zero-order valence-electron chi connectivity index (χ0n) is 13.9. The summed E-state index contributed by atoms with van der Waals surface area (Å²) in [5, 5.41) is 2.56. The van der Waals surface area contributed by atoms with Crippen LogP contribution in [-0.4, -0.2) is 39.2 Å². The van der Waals surface area contributed by atoms with Crippen LogP contribution in [0.1, 0.15) is 22.5 Å². The molecule has 1 amide bonds. The summed E-state index contributed by atoms with van der Waals surface area (Å²) >= 11 is 0. The number of hydrogen-bond acceptors (Lipinski definition) is 6. The van der Waals surface area contributed by atoms with Gasteiger partial charge in [0.05, 0.1) is 29.8 Å². The molecule has 1 aliphatic heterocycles. The van der Waals surface area contributed by atoms with Crippen molar-refractivity contribution in [3.63, 3.8) is 0 Å². The van der Waals surface area contributed by atoms with E-state index in [0.717, 1.165) is 0 Å². The smallest absolute Gasteiger partial charge is 0.338 e. The molecule has 2 aromatic rings. The predicted molar refractivity (Wildman–Crippen MR) is 93.0 cm³/mol. The number of anilines is 1. The van der Waals surface area contributed by atoms with Crippen molar-refractivity contribution in [3.05, 3.63) is 54.0 Å². The molecule has 0 unspecified atom stereocenters. The molecule has 26 heavy (non-hydrogen) atoms. The van der Waals surface area contributed by atoms with Crippen LogP contribution in [0.15, 0.2) is 47.1 Å². The van der Waals surface area contributed by atoms with Crippen LogP contribution in [0, 0.1) is 0 Å². The largest absolute Gasteiger partial charge is 0.467 e. The number of ether oxygens (including phenoxy) is 1. The molecule has 0 aliphatic carbocycles. The van der Waals surface area contributed by atoms with Gasteiger partial charge in [0.15, 0.2) is 6.61 Å². The average Bonchev–Trinajstić information content (AvgIpc) is 3.27. The Balaban J connectivity index is 1.51. The number of carbonyl (C=O) groups is 2. The number of benzene rings is 1. The number of nitrogens with zero attached hydrogens (tertiary/aromatic N) is 1. The third kappa shape index (κ3) is 4.23. The Labute approximate surface area is 150 Å². The monoisotopic (exact) mass is 378 g/mol. The van der Waals surface area contributed by atoms with Gasteiger partial charge < -0.3 is 14.5 Å². The fourth-order valence-electron chi connectivity index (χ4n) is 2.56. The minimum absolute atomic E-state index is 0.129. The minimum Gasteiger partial charge on any atom is -0.467 e. The molecule has 0 radical (unpaired) electrons. The molecule has 8 nitrogen and oxygen atoms in total. The van der Waals surface area contributed by atoms with Crippen LogP contribution >= 0.6 is 0 Å². The summed E-state index contributed by atoms with van der Waals surface area (Å²) < 4.78 is 35.1. The molecule has 1 N–H and O–H groups in total. The zero-order valence-corrected chi connectivity index (χ0v) is 14.7. The highest BCUT2D eigenvalue weighted by atomic mass is 32.2. The van der Waals surface area contributed by atoms with Crippen molar-refractivity contribution in [2.24, 2.45) is 0 Å². The third-order valence-electron chi connectivity index (χ3n) is 3.86. The molecule has 3 rings (SSSR count). The first kappa shape index (κ1) is 18.0. The summed E-state index contributed by atoms with van der Waals surface area (Å²) in [7, 11) is -3.26. The second-order valence-corrected chi connectivity index (χ2v) is 7.73. The standard InChI is InChI=1S/C17H18N2O6S/c20-16(18-11-15-3-1-9-24-15)12-25-17(21)13-4-6-14(7-5-13)19-8-2-10-26(19,22)23/h1,3-7,9H,2,8,10-12H2,(H,18,20). The highest BCUT2D eigenvalue weighted by molar-refractivity contribution is 7.93. The summed E-state index contributed by atoms with van der Waals surface area (Å²) in [6, 6.07) is 9.48. The number of carbonyl (C=O) groups excluding carboxylic acids is 2. The maximum Gasteiger partial charge on any atom is 0.338 e. The lowest BCUT2D eigenvalue weighted by atomic mass is 10.2. The topological polar surface area (TPSA) is 106 Å². The van der Waals surface area contributed by atoms with Gasteiger partial charge in [0, 0.05) is 6.54 Å². The number of rotatable bonds is 6. The van der Waals surface area contributed by atoms with E-state index in [1.165, 1.54) is 22.7 Å². The molecular weight excluding hydrogens is 360 g/mol. The van der Waals surface area contributed by atoms with Gasteiger partial charge in [0.25, 0.3) is 5.91 Å². The van der Waals surface area contributed by atoms with Gasteiger partial charge in [-0.2, -0.15) is 0 Å². The molecule has 0 saturated carbocycles. The van der Waals surface area contributed by atoms with E-state index in [9.17, 15) is 18.0 Å². The maximum atomic E-state index is 12.0. The fraction of sp³-hybridized carbons (Fsp3) is 0.294. The van der Waals surface area contributed by atoms with Crippen LogP contribution in [-0.2, 0) is 26.1 Å². The minimum atomic E-state index is -3.26. The Morgan fingerprint density at radius 3 is 2.58 bits per heavy atom. The number of esters is 1. The van der Waals surface area contributed by atoms with Crippen molar-refractivity contribution in [2.45, 2.75) is 13.0 Å².